The first kappa shape index (κ1) is 16.0. The minimum absolute atomic E-state index is 0.160. The van der Waals surface area contributed by atoms with E-state index in [0.29, 0.717) is 17.0 Å². The monoisotopic (exact) mass is 290 g/mol. The van der Waals surface area contributed by atoms with Gasteiger partial charge in [-0.1, -0.05) is 0 Å². The molecular weight excluding hydrogens is 267 g/mol. The molecule has 2 heterocycles. The summed E-state index contributed by atoms with van der Waals surface area (Å²) in [5.41, 5.74) is 7.20. The number of anilines is 1. The lowest BCUT2D eigenvalue weighted by Crippen LogP contribution is -2.41. The maximum Gasteiger partial charge on any atom is 0.492 e. The van der Waals surface area contributed by atoms with Crippen LogP contribution in [0, 0.1) is 6.92 Å². The Morgan fingerprint density at radius 2 is 1.86 bits per heavy atom. The average Bonchev–Trinajstić information content (AvgIpc) is 2.54. The van der Waals surface area contributed by atoms with Crippen LogP contribution in [0.25, 0.3) is 6.08 Å². The Bertz CT molecular complexity index is 534. The van der Waals surface area contributed by atoms with Crippen molar-refractivity contribution in [3.63, 3.8) is 0 Å². The summed E-state index contributed by atoms with van der Waals surface area (Å²) in [6.07, 6.45) is 1.77. The Kier molecular flexibility index (Phi) is 4.15. The second-order valence-electron chi connectivity index (χ2n) is 6.46. The highest BCUT2D eigenvalue weighted by Gasteiger charge is 2.52. The van der Waals surface area contributed by atoms with Gasteiger partial charge >= 0.3 is 7.12 Å². The highest BCUT2D eigenvalue weighted by Crippen LogP contribution is 2.38. The smallest absolute Gasteiger partial charge is 0.400 e. The lowest BCUT2D eigenvalue weighted by atomic mass is 9.78. The largest absolute Gasteiger partial charge is 0.492 e. The summed E-state index contributed by atoms with van der Waals surface area (Å²) < 4.78 is 11.9. The Labute approximate surface area is 126 Å². The van der Waals surface area contributed by atoms with Crippen LogP contribution < -0.4 is 5.73 Å². The molecule has 6 heteroatoms. The molecule has 1 fully saturated rings. The van der Waals surface area contributed by atoms with Gasteiger partial charge in [0, 0.05) is 0 Å². The third-order valence-corrected chi connectivity index (χ3v) is 4.08. The Hall–Kier alpha value is -1.37. The van der Waals surface area contributed by atoms with Crippen LogP contribution in [-0.2, 0) is 9.31 Å². The van der Waals surface area contributed by atoms with Crippen LogP contribution in [0.1, 0.15) is 39.0 Å². The average molecular weight is 290 g/mol. The molecule has 114 valence electrons. The van der Waals surface area contributed by atoms with E-state index in [9.17, 15) is 5.11 Å². The van der Waals surface area contributed by atoms with Crippen LogP contribution in [0.2, 0.25) is 0 Å². The maximum absolute atomic E-state index is 9.64. The molecule has 0 radical (unpaired) electrons. The summed E-state index contributed by atoms with van der Waals surface area (Å²) in [7, 11) is -0.580. The quantitative estimate of drug-likeness (QED) is 0.832. The summed E-state index contributed by atoms with van der Waals surface area (Å²) in [5.74, 6) is 0.451. The zero-order valence-electron chi connectivity index (χ0n) is 13.3. The van der Waals surface area contributed by atoms with Crippen LogP contribution in [0.15, 0.2) is 17.6 Å². The number of nitrogen functional groups attached to an aromatic ring is 1. The molecule has 0 bridgehead atoms. The maximum atomic E-state index is 9.64. The zero-order chi connectivity index (χ0) is 15.8. The van der Waals surface area contributed by atoms with Crippen LogP contribution in [-0.4, -0.2) is 35.0 Å². The van der Waals surface area contributed by atoms with Crippen molar-refractivity contribution < 1.29 is 14.4 Å². The van der Waals surface area contributed by atoms with Crippen LogP contribution in [0.5, 0.6) is 0 Å². The topological polar surface area (TPSA) is 77.6 Å². The van der Waals surface area contributed by atoms with Crippen molar-refractivity contribution in [3.05, 3.63) is 28.9 Å². The number of aryl methyl sites for hydroxylation is 1. The summed E-state index contributed by atoms with van der Waals surface area (Å²) in [6.45, 7) is 9.70. The van der Waals surface area contributed by atoms with E-state index in [4.69, 9.17) is 15.0 Å². The standard InChI is InChI=1S/C15H23BN2O3/c1-10-6-12(18-13(17)7-10)8-11(9-19)16-20-14(2,3)15(4,5)21-16/h6-8,19H,9H2,1-5H3,(H2,17,18). The van der Waals surface area contributed by atoms with Crippen LogP contribution >= 0.6 is 0 Å². The number of hydrogen-bond acceptors (Lipinski definition) is 5. The fourth-order valence-corrected chi connectivity index (χ4v) is 2.17. The first-order valence-corrected chi connectivity index (χ1v) is 7.06. The van der Waals surface area contributed by atoms with Crippen molar-refractivity contribution in [1.29, 1.82) is 0 Å². The molecule has 1 saturated heterocycles. The number of aliphatic hydroxyl groups is 1. The van der Waals surface area contributed by atoms with E-state index in [0.717, 1.165) is 5.56 Å². The molecule has 1 aliphatic rings. The third kappa shape index (κ3) is 3.28. The second-order valence-corrected chi connectivity index (χ2v) is 6.46. The van der Waals surface area contributed by atoms with E-state index in [1.165, 1.54) is 0 Å². The zero-order valence-corrected chi connectivity index (χ0v) is 13.3. The summed E-state index contributed by atoms with van der Waals surface area (Å²) >= 11 is 0. The van der Waals surface area contributed by atoms with Gasteiger partial charge in [-0.25, -0.2) is 4.98 Å². The fraction of sp³-hybridized carbons (Fsp3) is 0.533. The van der Waals surface area contributed by atoms with E-state index < -0.39 is 18.3 Å². The minimum atomic E-state index is -0.580. The molecule has 21 heavy (non-hydrogen) atoms. The molecule has 0 saturated carbocycles. The normalized spacial score (nSPS) is 20.9. The van der Waals surface area contributed by atoms with Gasteiger partial charge in [0.05, 0.1) is 23.5 Å². The summed E-state index contributed by atoms with van der Waals surface area (Å²) in [6, 6.07) is 3.70. The number of nitrogens with zero attached hydrogens (tertiary/aromatic N) is 1. The summed E-state index contributed by atoms with van der Waals surface area (Å²) in [5, 5.41) is 9.64. The molecule has 1 aromatic heterocycles. The highest BCUT2D eigenvalue weighted by molar-refractivity contribution is 6.55. The van der Waals surface area contributed by atoms with Gasteiger partial charge in [-0.05, 0) is 63.9 Å². The summed E-state index contributed by atoms with van der Waals surface area (Å²) in [4.78, 5) is 4.25. The van der Waals surface area contributed by atoms with Crippen LogP contribution in [0.3, 0.4) is 0 Å². The first-order valence-electron chi connectivity index (χ1n) is 7.06. The van der Waals surface area contributed by atoms with Crippen LogP contribution in [0.4, 0.5) is 5.82 Å². The van der Waals surface area contributed by atoms with Gasteiger partial charge in [-0.2, -0.15) is 0 Å². The molecule has 1 aliphatic heterocycles. The lowest BCUT2D eigenvalue weighted by Gasteiger charge is -2.32. The molecule has 2 rings (SSSR count). The highest BCUT2D eigenvalue weighted by atomic mass is 16.7. The molecule has 3 N–H and O–H groups in total. The predicted molar refractivity (Wildman–Crippen MR) is 84.5 cm³/mol. The molecule has 0 aromatic carbocycles. The number of rotatable bonds is 3. The van der Waals surface area contributed by atoms with Crippen molar-refractivity contribution in [2.75, 3.05) is 12.3 Å². The number of nitrogens with two attached hydrogens (primary N) is 1. The Balaban J connectivity index is 2.30. The van der Waals surface area contributed by atoms with E-state index in [1.807, 2.05) is 40.7 Å². The predicted octanol–water partition coefficient (Wildman–Crippen LogP) is 1.98. The Morgan fingerprint density at radius 1 is 1.29 bits per heavy atom. The van der Waals surface area contributed by atoms with Crippen molar-refractivity contribution in [2.45, 2.75) is 45.8 Å². The Morgan fingerprint density at radius 3 is 2.33 bits per heavy atom. The first-order chi connectivity index (χ1) is 9.64. The fourth-order valence-electron chi connectivity index (χ4n) is 2.17. The van der Waals surface area contributed by atoms with Gasteiger partial charge < -0.3 is 20.1 Å². The lowest BCUT2D eigenvalue weighted by molar-refractivity contribution is 0.00578. The van der Waals surface area contributed by atoms with Crippen molar-refractivity contribution in [2.24, 2.45) is 0 Å². The second kappa shape index (κ2) is 5.44. The van der Waals surface area contributed by atoms with Gasteiger partial charge in [0.1, 0.15) is 5.82 Å². The van der Waals surface area contributed by atoms with E-state index in [2.05, 4.69) is 4.98 Å². The van der Waals surface area contributed by atoms with Gasteiger partial charge in [0.25, 0.3) is 0 Å². The number of aromatic nitrogens is 1. The van der Waals surface area contributed by atoms with Gasteiger partial charge in [-0.3, -0.25) is 0 Å². The van der Waals surface area contributed by atoms with Gasteiger partial charge in [-0.15, -0.1) is 0 Å². The number of aliphatic hydroxyl groups excluding tert-OH is 1. The van der Waals surface area contributed by atoms with E-state index in [1.54, 1.807) is 12.1 Å². The molecule has 0 atom stereocenters. The van der Waals surface area contributed by atoms with Crippen molar-refractivity contribution in [1.82, 2.24) is 4.98 Å². The van der Waals surface area contributed by atoms with Gasteiger partial charge in [0.15, 0.2) is 0 Å². The molecule has 1 aromatic rings. The van der Waals surface area contributed by atoms with Gasteiger partial charge in [0.2, 0.25) is 0 Å². The molecule has 0 spiro atoms. The SMILES string of the molecule is Cc1cc(N)nc(C=C(CO)B2OC(C)(C)C(C)(C)O2)c1. The molecular formula is C15H23BN2O3. The molecule has 0 amide bonds. The molecule has 0 aliphatic carbocycles. The third-order valence-electron chi connectivity index (χ3n) is 4.08. The number of hydrogen-bond donors (Lipinski definition) is 2. The number of pyridine rings is 1. The van der Waals surface area contributed by atoms with Crippen molar-refractivity contribution in [3.8, 4) is 0 Å². The minimum Gasteiger partial charge on any atom is -0.400 e. The molecule has 5 nitrogen and oxygen atoms in total. The molecule has 0 unspecified atom stereocenters. The van der Waals surface area contributed by atoms with E-state index >= 15 is 0 Å². The van der Waals surface area contributed by atoms with E-state index in [-0.39, 0.29) is 6.61 Å². The van der Waals surface area contributed by atoms with Crippen molar-refractivity contribution >= 4 is 19.0 Å².